The third-order valence-electron chi connectivity index (χ3n) is 2.15. The molecule has 3 heteroatoms. The van der Waals surface area contributed by atoms with Crippen molar-refractivity contribution in [1.29, 1.82) is 0 Å². The summed E-state index contributed by atoms with van der Waals surface area (Å²) < 4.78 is 10.5. The molecule has 0 aliphatic rings. The second kappa shape index (κ2) is 7.01. The Kier molecular flexibility index (Phi) is 5.57. The zero-order valence-corrected chi connectivity index (χ0v) is 9.81. The van der Waals surface area contributed by atoms with Crippen molar-refractivity contribution in [2.24, 2.45) is 0 Å². The van der Waals surface area contributed by atoms with Crippen LogP contribution in [0.3, 0.4) is 0 Å². The highest BCUT2D eigenvalue weighted by atomic mass is 16.5. The van der Waals surface area contributed by atoms with Gasteiger partial charge in [-0.1, -0.05) is 30.3 Å². The van der Waals surface area contributed by atoms with E-state index in [0.29, 0.717) is 13.2 Å². The van der Waals surface area contributed by atoms with E-state index in [1.54, 1.807) is 0 Å². The van der Waals surface area contributed by atoms with E-state index >= 15 is 0 Å². The fraction of sp³-hybridized carbons (Fsp3) is 0.462. The molecule has 88 valence electrons. The molecule has 3 nitrogen and oxygen atoms in total. The van der Waals surface area contributed by atoms with E-state index in [2.05, 4.69) is 0 Å². The summed E-state index contributed by atoms with van der Waals surface area (Å²) in [6, 6.07) is 10.00. The Morgan fingerprint density at radius 1 is 1.31 bits per heavy atom. The van der Waals surface area contributed by atoms with Gasteiger partial charge in [-0.05, 0) is 12.5 Å². The lowest BCUT2D eigenvalue weighted by Crippen LogP contribution is -2.14. The predicted molar refractivity (Wildman–Crippen MR) is 61.9 cm³/mol. The van der Waals surface area contributed by atoms with Crippen molar-refractivity contribution in [3.05, 3.63) is 35.9 Å². The molecule has 0 aliphatic carbocycles. The highest BCUT2D eigenvalue weighted by molar-refractivity contribution is 5.66. The van der Waals surface area contributed by atoms with Gasteiger partial charge in [0, 0.05) is 13.3 Å². The van der Waals surface area contributed by atoms with Crippen LogP contribution in [0.2, 0.25) is 0 Å². The molecule has 1 aromatic carbocycles. The van der Waals surface area contributed by atoms with Crippen molar-refractivity contribution in [3.63, 3.8) is 0 Å². The number of ether oxygens (including phenoxy) is 2. The molecule has 1 atom stereocenters. The first kappa shape index (κ1) is 12.7. The summed E-state index contributed by atoms with van der Waals surface area (Å²) in [7, 11) is 0. The monoisotopic (exact) mass is 222 g/mol. The molecule has 0 saturated carbocycles. The third kappa shape index (κ3) is 5.51. The van der Waals surface area contributed by atoms with Crippen molar-refractivity contribution in [2.45, 2.75) is 33.0 Å². The number of esters is 1. The van der Waals surface area contributed by atoms with Crippen LogP contribution in [0.4, 0.5) is 0 Å². The summed E-state index contributed by atoms with van der Waals surface area (Å²) in [5, 5.41) is 0. The lowest BCUT2D eigenvalue weighted by Gasteiger charge is -2.11. The van der Waals surface area contributed by atoms with Gasteiger partial charge in [0.15, 0.2) is 0 Å². The minimum atomic E-state index is -0.240. The Balaban J connectivity index is 2.10. The van der Waals surface area contributed by atoms with Gasteiger partial charge in [0.05, 0.1) is 13.2 Å². The van der Waals surface area contributed by atoms with Gasteiger partial charge in [0.25, 0.3) is 0 Å². The van der Waals surface area contributed by atoms with E-state index in [-0.39, 0.29) is 12.1 Å². The second-order valence-corrected chi connectivity index (χ2v) is 3.75. The van der Waals surface area contributed by atoms with Crippen LogP contribution in [0.25, 0.3) is 0 Å². The van der Waals surface area contributed by atoms with E-state index in [4.69, 9.17) is 9.47 Å². The van der Waals surface area contributed by atoms with Crippen molar-refractivity contribution in [2.75, 3.05) is 6.61 Å². The lowest BCUT2D eigenvalue weighted by molar-refractivity contribution is -0.146. The number of hydrogen-bond donors (Lipinski definition) is 0. The van der Waals surface area contributed by atoms with Crippen LogP contribution in [0.5, 0.6) is 0 Å². The summed E-state index contributed by atoms with van der Waals surface area (Å²) in [5.41, 5.74) is 1.16. The maximum absolute atomic E-state index is 10.6. The van der Waals surface area contributed by atoms with Crippen molar-refractivity contribution >= 4 is 5.97 Å². The molecule has 1 unspecified atom stereocenters. The average Bonchev–Trinajstić information content (AvgIpc) is 2.25. The molecule has 0 aromatic heterocycles. The molecule has 0 fully saturated rings. The second-order valence-electron chi connectivity index (χ2n) is 3.75. The highest BCUT2D eigenvalue weighted by Gasteiger charge is 2.04. The maximum Gasteiger partial charge on any atom is 0.302 e. The number of benzene rings is 1. The molecule has 0 amide bonds. The van der Waals surface area contributed by atoms with Crippen LogP contribution >= 0.6 is 0 Å². The predicted octanol–water partition coefficient (Wildman–Crippen LogP) is 2.54. The van der Waals surface area contributed by atoms with Crippen molar-refractivity contribution < 1.29 is 14.3 Å². The quantitative estimate of drug-likeness (QED) is 0.548. The molecule has 0 heterocycles. The van der Waals surface area contributed by atoms with Gasteiger partial charge >= 0.3 is 5.97 Å². The van der Waals surface area contributed by atoms with Gasteiger partial charge in [0.2, 0.25) is 0 Å². The van der Waals surface area contributed by atoms with Gasteiger partial charge in [-0.2, -0.15) is 0 Å². The fourth-order valence-corrected chi connectivity index (χ4v) is 1.36. The van der Waals surface area contributed by atoms with Crippen LogP contribution in [0.1, 0.15) is 25.8 Å². The van der Waals surface area contributed by atoms with E-state index in [1.165, 1.54) is 6.92 Å². The summed E-state index contributed by atoms with van der Waals surface area (Å²) in [6.45, 7) is 4.49. The Hall–Kier alpha value is -1.35. The normalized spacial score (nSPS) is 12.1. The molecule has 16 heavy (non-hydrogen) atoms. The molecule has 0 N–H and O–H groups in total. The molecule has 1 rings (SSSR count). The number of hydrogen-bond acceptors (Lipinski definition) is 3. The molecule has 0 aliphatic heterocycles. The van der Waals surface area contributed by atoms with Crippen molar-refractivity contribution in [3.8, 4) is 0 Å². The Morgan fingerprint density at radius 2 is 2.00 bits per heavy atom. The highest BCUT2D eigenvalue weighted by Crippen LogP contribution is 2.03. The SMILES string of the molecule is CC(=O)OC(C)CCOCc1ccccc1. The zero-order valence-electron chi connectivity index (χ0n) is 9.81. The number of rotatable bonds is 6. The average molecular weight is 222 g/mol. The van der Waals surface area contributed by atoms with Gasteiger partial charge in [-0.3, -0.25) is 4.79 Å². The molecule has 0 radical (unpaired) electrons. The third-order valence-corrected chi connectivity index (χ3v) is 2.15. The molecule has 0 bridgehead atoms. The van der Waals surface area contributed by atoms with Gasteiger partial charge in [0.1, 0.15) is 6.10 Å². The van der Waals surface area contributed by atoms with E-state index in [9.17, 15) is 4.79 Å². The lowest BCUT2D eigenvalue weighted by atomic mass is 10.2. The standard InChI is InChI=1S/C13H18O3/c1-11(16-12(2)14)8-9-15-10-13-6-4-3-5-7-13/h3-7,11H,8-10H2,1-2H3. The Morgan fingerprint density at radius 3 is 2.62 bits per heavy atom. The van der Waals surface area contributed by atoms with Crippen LogP contribution in [-0.2, 0) is 20.9 Å². The number of carbonyl (C=O) groups excluding carboxylic acids is 1. The molecular formula is C13H18O3. The Bertz CT molecular complexity index is 308. The smallest absolute Gasteiger partial charge is 0.302 e. The fourth-order valence-electron chi connectivity index (χ4n) is 1.36. The van der Waals surface area contributed by atoms with E-state index < -0.39 is 0 Å². The summed E-state index contributed by atoms with van der Waals surface area (Å²) in [5.74, 6) is -0.240. The summed E-state index contributed by atoms with van der Waals surface area (Å²) in [6.07, 6.45) is 0.653. The topological polar surface area (TPSA) is 35.5 Å². The molecule has 0 saturated heterocycles. The molecule has 1 aromatic rings. The summed E-state index contributed by atoms with van der Waals surface area (Å²) >= 11 is 0. The van der Waals surface area contributed by atoms with Crippen molar-refractivity contribution in [1.82, 2.24) is 0 Å². The zero-order chi connectivity index (χ0) is 11.8. The van der Waals surface area contributed by atoms with Crippen LogP contribution in [0, 0.1) is 0 Å². The Labute approximate surface area is 96.4 Å². The minimum absolute atomic E-state index is 0.0757. The first-order chi connectivity index (χ1) is 7.68. The molecule has 0 spiro atoms. The van der Waals surface area contributed by atoms with Gasteiger partial charge < -0.3 is 9.47 Å². The van der Waals surface area contributed by atoms with Gasteiger partial charge in [-0.15, -0.1) is 0 Å². The largest absolute Gasteiger partial charge is 0.463 e. The van der Waals surface area contributed by atoms with Gasteiger partial charge in [-0.25, -0.2) is 0 Å². The first-order valence-electron chi connectivity index (χ1n) is 5.47. The van der Waals surface area contributed by atoms with Crippen LogP contribution < -0.4 is 0 Å². The van der Waals surface area contributed by atoms with Crippen LogP contribution in [-0.4, -0.2) is 18.7 Å². The summed E-state index contributed by atoms with van der Waals surface area (Å²) in [4.78, 5) is 10.6. The maximum atomic E-state index is 10.6. The minimum Gasteiger partial charge on any atom is -0.463 e. The van der Waals surface area contributed by atoms with E-state index in [0.717, 1.165) is 12.0 Å². The van der Waals surface area contributed by atoms with E-state index in [1.807, 2.05) is 37.3 Å². The first-order valence-corrected chi connectivity index (χ1v) is 5.47. The van der Waals surface area contributed by atoms with Crippen LogP contribution in [0.15, 0.2) is 30.3 Å². The molecular weight excluding hydrogens is 204 g/mol. The number of carbonyl (C=O) groups is 1.